The molecule has 1 unspecified atom stereocenters. The van der Waals surface area contributed by atoms with E-state index in [-0.39, 0.29) is 31.7 Å². The van der Waals surface area contributed by atoms with E-state index in [0.717, 1.165) is 19.4 Å². The quantitative estimate of drug-likeness (QED) is 0.493. The Morgan fingerprint density at radius 1 is 1.40 bits per heavy atom. The third-order valence-electron chi connectivity index (χ3n) is 3.36. The summed E-state index contributed by atoms with van der Waals surface area (Å²) < 4.78 is 21.6. The van der Waals surface area contributed by atoms with E-state index in [4.69, 9.17) is 24.1 Å². The van der Waals surface area contributed by atoms with Crippen LogP contribution in [0.5, 0.6) is 0 Å². The second kappa shape index (κ2) is 11.2. The van der Waals surface area contributed by atoms with E-state index in [1.807, 2.05) is 6.08 Å². The molecule has 1 saturated heterocycles. The highest BCUT2D eigenvalue weighted by atomic mass is 16.7. The second-order valence-corrected chi connectivity index (χ2v) is 5.04. The number of aliphatic hydroxyl groups excluding tert-OH is 1. The number of hydrogen-bond acceptors (Lipinski definition) is 5. The number of aliphatic hydroxyl groups is 1. The molecule has 1 aliphatic rings. The maximum absolute atomic E-state index is 9.04. The lowest BCUT2D eigenvalue weighted by molar-refractivity contribution is -0.155. The van der Waals surface area contributed by atoms with Crippen LogP contribution in [0.25, 0.3) is 0 Å². The molecule has 0 aliphatic carbocycles. The van der Waals surface area contributed by atoms with Gasteiger partial charge in [-0.1, -0.05) is 19.1 Å². The molecule has 1 N–H and O–H groups in total. The summed E-state index contributed by atoms with van der Waals surface area (Å²) in [6.45, 7) is 3.76. The minimum Gasteiger partial charge on any atom is -0.396 e. The fraction of sp³-hybridized carbons (Fsp3) is 0.867. The van der Waals surface area contributed by atoms with Crippen molar-refractivity contribution < 1.29 is 24.1 Å². The van der Waals surface area contributed by atoms with Gasteiger partial charge < -0.3 is 24.1 Å². The van der Waals surface area contributed by atoms with Gasteiger partial charge in [0.15, 0.2) is 6.29 Å². The summed E-state index contributed by atoms with van der Waals surface area (Å²) in [4.78, 5) is 0. The first-order chi connectivity index (χ1) is 9.77. The van der Waals surface area contributed by atoms with Gasteiger partial charge in [0.25, 0.3) is 0 Å². The summed E-state index contributed by atoms with van der Waals surface area (Å²) in [6.07, 6.45) is 7.83. The van der Waals surface area contributed by atoms with Crippen molar-refractivity contribution in [3.8, 4) is 0 Å². The van der Waals surface area contributed by atoms with Gasteiger partial charge in [0.2, 0.25) is 0 Å². The highest BCUT2D eigenvalue weighted by Crippen LogP contribution is 2.15. The third-order valence-corrected chi connectivity index (χ3v) is 3.36. The summed E-state index contributed by atoms with van der Waals surface area (Å²) in [5, 5.41) is 9.04. The molecule has 20 heavy (non-hydrogen) atoms. The largest absolute Gasteiger partial charge is 0.396 e. The van der Waals surface area contributed by atoms with Crippen LogP contribution < -0.4 is 0 Å². The molecule has 0 amide bonds. The minimum absolute atomic E-state index is 0.0397. The van der Waals surface area contributed by atoms with Crippen molar-refractivity contribution in [2.24, 2.45) is 5.92 Å². The zero-order valence-electron chi connectivity index (χ0n) is 12.6. The molecule has 0 saturated carbocycles. The predicted molar refractivity (Wildman–Crippen MR) is 76.3 cm³/mol. The van der Waals surface area contributed by atoms with E-state index in [9.17, 15) is 0 Å². The molecule has 0 aromatic rings. The van der Waals surface area contributed by atoms with Crippen LogP contribution in [0.3, 0.4) is 0 Å². The van der Waals surface area contributed by atoms with E-state index in [1.165, 1.54) is 6.42 Å². The van der Waals surface area contributed by atoms with Gasteiger partial charge in [-0.2, -0.15) is 0 Å². The van der Waals surface area contributed by atoms with E-state index in [0.29, 0.717) is 13.0 Å². The summed E-state index contributed by atoms with van der Waals surface area (Å²) in [5.41, 5.74) is 0. The van der Waals surface area contributed by atoms with Crippen molar-refractivity contribution in [2.45, 2.75) is 45.0 Å². The Balaban J connectivity index is 2.22. The molecule has 5 nitrogen and oxygen atoms in total. The van der Waals surface area contributed by atoms with Gasteiger partial charge in [-0.05, 0) is 25.7 Å². The summed E-state index contributed by atoms with van der Waals surface area (Å²) in [7, 11) is 1.59. The Bertz CT molecular complexity index is 251. The topological polar surface area (TPSA) is 57.2 Å². The Morgan fingerprint density at radius 3 is 2.90 bits per heavy atom. The first-order valence-electron chi connectivity index (χ1n) is 7.39. The van der Waals surface area contributed by atoms with Crippen LogP contribution in [-0.2, 0) is 18.9 Å². The van der Waals surface area contributed by atoms with Gasteiger partial charge in [0.1, 0.15) is 6.79 Å². The lowest BCUT2D eigenvalue weighted by Crippen LogP contribution is -2.24. The van der Waals surface area contributed by atoms with Gasteiger partial charge in [-0.15, -0.1) is 0 Å². The minimum atomic E-state index is -0.0540. The Morgan fingerprint density at radius 2 is 2.25 bits per heavy atom. The predicted octanol–water partition coefficient (Wildman–Crippen LogP) is 2.09. The normalized spacial score (nSPS) is 23.1. The number of rotatable bonds is 10. The molecule has 5 heteroatoms. The third kappa shape index (κ3) is 7.36. The summed E-state index contributed by atoms with van der Waals surface area (Å²) >= 11 is 0. The Labute approximate surface area is 121 Å². The van der Waals surface area contributed by atoms with E-state index < -0.39 is 0 Å². The molecule has 118 valence electrons. The highest BCUT2D eigenvalue weighted by molar-refractivity contribution is 4.90. The van der Waals surface area contributed by atoms with Crippen LogP contribution in [-0.4, -0.2) is 51.2 Å². The van der Waals surface area contributed by atoms with Crippen LogP contribution in [0.2, 0.25) is 0 Å². The molecule has 0 spiro atoms. The summed E-state index contributed by atoms with van der Waals surface area (Å²) in [5.74, 6) is 0.202. The van der Waals surface area contributed by atoms with Gasteiger partial charge in [0.05, 0.1) is 12.7 Å². The zero-order chi connectivity index (χ0) is 14.6. The van der Waals surface area contributed by atoms with Crippen molar-refractivity contribution in [2.75, 3.05) is 33.7 Å². The maximum atomic E-state index is 9.04. The van der Waals surface area contributed by atoms with Gasteiger partial charge in [0, 0.05) is 26.2 Å². The van der Waals surface area contributed by atoms with E-state index in [1.54, 1.807) is 7.11 Å². The van der Waals surface area contributed by atoms with Gasteiger partial charge >= 0.3 is 0 Å². The molecular formula is C15H28O5. The maximum Gasteiger partial charge on any atom is 0.157 e. The van der Waals surface area contributed by atoms with Crippen LogP contribution >= 0.6 is 0 Å². The van der Waals surface area contributed by atoms with E-state index >= 15 is 0 Å². The van der Waals surface area contributed by atoms with Crippen LogP contribution in [0.15, 0.2) is 12.2 Å². The van der Waals surface area contributed by atoms with Crippen LogP contribution in [0, 0.1) is 5.92 Å². The molecule has 0 bridgehead atoms. The molecule has 3 atom stereocenters. The van der Waals surface area contributed by atoms with E-state index in [2.05, 4.69) is 13.0 Å². The number of methoxy groups -OCH3 is 1. The molecular weight excluding hydrogens is 260 g/mol. The van der Waals surface area contributed by atoms with Crippen molar-refractivity contribution in [1.29, 1.82) is 0 Å². The molecule has 1 rings (SSSR count). The fourth-order valence-corrected chi connectivity index (χ4v) is 2.18. The van der Waals surface area contributed by atoms with Crippen LogP contribution in [0.1, 0.15) is 32.6 Å². The lowest BCUT2D eigenvalue weighted by Gasteiger charge is -2.22. The molecule has 0 radical (unpaired) electrons. The van der Waals surface area contributed by atoms with Crippen molar-refractivity contribution in [3.63, 3.8) is 0 Å². The standard InChI is InChI=1S/C15H28O5/c1-13(14(8-9-16)20-12-17-2)6-5-11-19-15-7-3-4-10-18-15/h5-6,13-16H,3-4,7-12H2,1-2H3/b6-5+/t13-,14+,15?/m1/s1. The smallest absolute Gasteiger partial charge is 0.157 e. The SMILES string of the molecule is COCO[C@@H](CCO)[C@H](C)/C=C/COC1CCCCO1. The number of ether oxygens (including phenoxy) is 4. The average Bonchev–Trinajstić information content (AvgIpc) is 2.49. The monoisotopic (exact) mass is 288 g/mol. The molecule has 1 aliphatic heterocycles. The average molecular weight is 288 g/mol. The zero-order valence-corrected chi connectivity index (χ0v) is 12.6. The van der Waals surface area contributed by atoms with Crippen LogP contribution in [0.4, 0.5) is 0 Å². The molecule has 1 heterocycles. The number of hydrogen-bond donors (Lipinski definition) is 1. The molecule has 0 aromatic heterocycles. The van der Waals surface area contributed by atoms with Crippen molar-refractivity contribution in [3.05, 3.63) is 12.2 Å². The lowest BCUT2D eigenvalue weighted by atomic mass is 10.0. The van der Waals surface area contributed by atoms with Gasteiger partial charge in [-0.25, -0.2) is 0 Å². The molecule has 0 aromatic carbocycles. The second-order valence-electron chi connectivity index (χ2n) is 5.04. The fourth-order valence-electron chi connectivity index (χ4n) is 2.18. The Kier molecular flexibility index (Phi) is 9.87. The first kappa shape index (κ1) is 17.6. The van der Waals surface area contributed by atoms with Crippen molar-refractivity contribution in [1.82, 2.24) is 0 Å². The first-order valence-corrected chi connectivity index (χ1v) is 7.39. The highest BCUT2D eigenvalue weighted by Gasteiger charge is 2.15. The molecule has 1 fully saturated rings. The van der Waals surface area contributed by atoms with Gasteiger partial charge in [-0.3, -0.25) is 0 Å². The summed E-state index contributed by atoms with van der Waals surface area (Å²) in [6, 6.07) is 0. The Hall–Kier alpha value is -0.460. The van der Waals surface area contributed by atoms with Crippen molar-refractivity contribution >= 4 is 0 Å².